The summed E-state index contributed by atoms with van der Waals surface area (Å²) < 4.78 is 27.0. The van der Waals surface area contributed by atoms with E-state index in [-0.39, 0.29) is 6.61 Å². The van der Waals surface area contributed by atoms with E-state index in [0.29, 0.717) is 28.8 Å². The van der Waals surface area contributed by atoms with Crippen LogP contribution in [0.3, 0.4) is 0 Å². The molecule has 0 fully saturated rings. The molecule has 0 aliphatic heterocycles. The van der Waals surface area contributed by atoms with Gasteiger partial charge in [0.1, 0.15) is 0 Å². The second-order valence-corrected chi connectivity index (χ2v) is 8.18. The van der Waals surface area contributed by atoms with Crippen LogP contribution in [0.15, 0.2) is 11.0 Å². The van der Waals surface area contributed by atoms with E-state index in [2.05, 4.69) is 13.8 Å². The molecule has 1 aromatic rings. The van der Waals surface area contributed by atoms with Crippen LogP contribution in [0, 0.1) is 12.8 Å². The molecule has 0 aromatic carbocycles. The lowest BCUT2D eigenvalue weighted by Crippen LogP contribution is -2.35. The molecule has 1 aromatic heterocycles. The highest BCUT2D eigenvalue weighted by Gasteiger charge is 2.27. The van der Waals surface area contributed by atoms with E-state index in [0.717, 1.165) is 17.7 Å². The Balaban J connectivity index is 3.08. The molecule has 6 heteroatoms. The van der Waals surface area contributed by atoms with Crippen molar-refractivity contribution in [1.29, 1.82) is 0 Å². The summed E-state index contributed by atoms with van der Waals surface area (Å²) in [5.74, 6) is 0.390. The molecule has 0 unspecified atom stereocenters. The Morgan fingerprint density at radius 1 is 1.30 bits per heavy atom. The quantitative estimate of drug-likeness (QED) is 0.801. The summed E-state index contributed by atoms with van der Waals surface area (Å²) >= 11 is 1.34. The number of hydrogen-bond donors (Lipinski definition) is 1. The first-order valence-electron chi connectivity index (χ1n) is 7.10. The van der Waals surface area contributed by atoms with Crippen LogP contribution in [0.5, 0.6) is 0 Å². The molecular formula is C14H25NO3S2. The molecular weight excluding hydrogens is 294 g/mol. The Labute approximate surface area is 126 Å². The van der Waals surface area contributed by atoms with Gasteiger partial charge in [0.05, 0.1) is 11.5 Å². The van der Waals surface area contributed by atoms with E-state index in [1.165, 1.54) is 11.3 Å². The zero-order valence-electron chi connectivity index (χ0n) is 12.7. The number of nitrogens with zero attached hydrogens (tertiary/aromatic N) is 1. The van der Waals surface area contributed by atoms with Gasteiger partial charge in [0.2, 0.25) is 10.0 Å². The maximum Gasteiger partial charge on any atom is 0.244 e. The molecule has 1 rings (SSSR count). The van der Waals surface area contributed by atoms with Crippen LogP contribution in [0.2, 0.25) is 0 Å². The smallest absolute Gasteiger partial charge is 0.244 e. The van der Waals surface area contributed by atoms with Crippen LogP contribution in [-0.4, -0.2) is 30.9 Å². The maximum atomic E-state index is 12.7. The highest BCUT2D eigenvalue weighted by Crippen LogP contribution is 2.29. The third-order valence-electron chi connectivity index (χ3n) is 3.67. The summed E-state index contributed by atoms with van der Waals surface area (Å²) in [4.78, 5) is 1.79. The van der Waals surface area contributed by atoms with Gasteiger partial charge in [-0.1, -0.05) is 33.6 Å². The second-order valence-electron chi connectivity index (χ2n) is 4.93. The van der Waals surface area contributed by atoms with Gasteiger partial charge in [-0.05, 0) is 18.9 Å². The fourth-order valence-corrected chi connectivity index (χ4v) is 5.22. The summed E-state index contributed by atoms with van der Waals surface area (Å²) in [6, 6.07) is 1.60. The molecule has 0 radical (unpaired) electrons. The van der Waals surface area contributed by atoms with Crippen LogP contribution < -0.4 is 0 Å². The van der Waals surface area contributed by atoms with Gasteiger partial charge in [-0.3, -0.25) is 0 Å². The van der Waals surface area contributed by atoms with Crippen LogP contribution in [0.4, 0.5) is 0 Å². The molecule has 0 aliphatic carbocycles. The predicted octanol–water partition coefficient (Wildman–Crippen LogP) is 3.00. The minimum atomic E-state index is -3.45. The monoisotopic (exact) mass is 319 g/mol. The number of hydrogen-bond acceptors (Lipinski definition) is 4. The highest BCUT2D eigenvalue weighted by atomic mass is 32.2. The first-order valence-corrected chi connectivity index (χ1v) is 9.36. The van der Waals surface area contributed by atoms with Crippen molar-refractivity contribution < 1.29 is 13.5 Å². The van der Waals surface area contributed by atoms with E-state index >= 15 is 0 Å². The number of aliphatic hydroxyl groups excluding tert-OH is 1. The third kappa shape index (κ3) is 3.81. The summed E-state index contributed by atoms with van der Waals surface area (Å²) in [5, 5.41) is 9.16. The normalized spacial score (nSPS) is 12.6. The molecule has 1 heterocycles. The van der Waals surface area contributed by atoms with Gasteiger partial charge < -0.3 is 5.11 Å². The van der Waals surface area contributed by atoms with Crippen molar-refractivity contribution in [2.24, 2.45) is 5.92 Å². The zero-order valence-corrected chi connectivity index (χ0v) is 14.4. The number of aliphatic hydroxyl groups is 1. The number of rotatable bonds is 8. The lowest BCUT2D eigenvalue weighted by atomic mass is 10.0. The van der Waals surface area contributed by atoms with Crippen molar-refractivity contribution in [2.75, 3.05) is 13.1 Å². The highest BCUT2D eigenvalue weighted by molar-refractivity contribution is 7.89. The summed E-state index contributed by atoms with van der Waals surface area (Å²) in [7, 11) is -3.45. The minimum absolute atomic E-state index is 0.111. The van der Waals surface area contributed by atoms with E-state index < -0.39 is 10.0 Å². The Morgan fingerprint density at radius 2 is 1.90 bits per heavy atom. The van der Waals surface area contributed by atoms with E-state index in [1.54, 1.807) is 17.3 Å². The molecule has 0 saturated carbocycles. The second kappa shape index (κ2) is 7.54. The molecule has 0 amide bonds. The first kappa shape index (κ1) is 17.6. The maximum absolute atomic E-state index is 12.7. The Kier molecular flexibility index (Phi) is 6.64. The summed E-state index contributed by atoms with van der Waals surface area (Å²) in [5.41, 5.74) is 0. The van der Waals surface area contributed by atoms with Crippen LogP contribution in [-0.2, 0) is 16.6 Å². The third-order valence-corrected chi connectivity index (χ3v) is 6.90. The lowest BCUT2D eigenvalue weighted by molar-refractivity contribution is 0.285. The molecule has 0 spiro atoms. The Morgan fingerprint density at radius 3 is 2.30 bits per heavy atom. The fourth-order valence-electron chi connectivity index (χ4n) is 2.23. The molecule has 0 atom stereocenters. The number of aryl methyl sites for hydroxylation is 1. The van der Waals surface area contributed by atoms with E-state index in [1.807, 2.05) is 6.92 Å². The fraction of sp³-hybridized carbons (Fsp3) is 0.714. The van der Waals surface area contributed by atoms with Gasteiger partial charge >= 0.3 is 0 Å². The minimum Gasteiger partial charge on any atom is -0.391 e. The van der Waals surface area contributed by atoms with Gasteiger partial charge in [0, 0.05) is 22.8 Å². The lowest BCUT2D eigenvalue weighted by Gasteiger charge is -2.24. The van der Waals surface area contributed by atoms with Crippen LogP contribution >= 0.6 is 11.3 Å². The van der Waals surface area contributed by atoms with Crippen molar-refractivity contribution in [1.82, 2.24) is 4.31 Å². The van der Waals surface area contributed by atoms with E-state index in [9.17, 15) is 8.42 Å². The molecule has 4 nitrogen and oxygen atoms in total. The molecule has 0 bridgehead atoms. The predicted molar refractivity (Wildman–Crippen MR) is 83.5 cm³/mol. The average Bonchev–Trinajstić information content (AvgIpc) is 2.82. The van der Waals surface area contributed by atoms with Crippen molar-refractivity contribution in [3.05, 3.63) is 15.8 Å². The van der Waals surface area contributed by atoms with Gasteiger partial charge in [-0.25, -0.2) is 8.42 Å². The molecule has 20 heavy (non-hydrogen) atoms. The van der Waals surface area contributed by atoms with Crippen LogP contribution in [0.1, 0.15) is 43.4 Å². The SMILES string of the molecule is CCC(CC)CN(CC)S(=O)(=O)c1cc(CO)sc1C. The van der Waals surface area contributed by atoms with Crippen molar-refractivity contribution in [3.63, 3.8) is 0 Å². The van der Waals surface area contributed by atoms with Gasteiger partial charge in [0.15, 0.2) is 0 Å². The topological polar surface area (TPSA) is 57.6 Å². The Hall–Kier alpha value is -0.430. The van der Waals surface area contributed by atoms with Gasteiger partial charge in [-0.15, -0.1) is 11.3 Å². The molecule has 0 aliphatic rings. The van der Waals surface area contributed by atoms with Crippen LogP contribution in [0.25, 0.3) is 0 Å². The van der Waals surface area contributed by atoms with Crippen molar-refractivity contribution in [3.8, 4) is 0 Å². The molecule has 116 valence electrons. The number of sulfonamides is 1. The number of thiophene rings is 1. The summed E-state index contributed by atoms with van der Waals surface area (Å²) in [6.07, 6.45) is 1.96. The van der Waals surface area contributed by atoms with Gasteiger partial charge in [-0.2, -0.15) is 4.31 Å². The molecule has 1 N–H and O–H groups in total. The molecule has 0 saturated heterocycles. The summed E-state index contributed by atoms with van der Waals surface area (Å²) in [6.45, 7) is 8.77. The zero-order chi connectivity index (χ0) is 15.3. The van der Waals surface area contributed by atoms with Crippen molar-refractivity contribution >= 4 is 21.4 Å². The standard InChI is InChI=1S/C14H25NO3S2/c1-5-12(6-2)9-15(7-3)20(17,18)14-8-13(10-16)19-11(14)4/h8,12,16H,5-7,9-10H2,1-4H3. The van der Waals surface area contributed by atoms with Crippen molar-refractivity contribution in [2.45, 2.75) is 52.0 Å². The van der Waals surface area contributed by atoms with E-state index in [4.69, 9.17) is 5.11 Å². The van der Waals surface area contributed by atoms with Gasteiger partial charge in [0.25, 0.3) is 0 Å². The largest absolute Gasteiger partial charge is 0.391 e. The average molecular weight is 319 g/mol. The first-order chi connectivity index (χ1) is 9.40. The Bertz CT molecular complexity index is 519.